The summed E-state index contributed by atoms with van der Waals surface area (Å²) in [5.74, 6) is 0.688. The molecule has 0 radical (unpaired) electrons. The number of aliphatic imine (C=N–C) groups is 1. The van der Waals surface area contributed by atoms with Crippen LogP contribution in [0.5, 0.6) is 0 Å². The van der Waals surface area contributed by atoms with Crippen LogP contribution in [0.15, 0.2) is 4.99 Å². The van der Waals surface area contributed by atoms with E-state index < -0.39 is 11.3 Å². The van der Waals surface area contributed by atoms with E-state index in [9.17, 15) is 4.79 Å². The summed E-state index contributed by atoms with van der Waals surface area (Å²) in [7, 11) is 1.75. The Balaban J connectivity index is 1.53. The van der Waals surface area contributed by atoms with Crippen molar-refractivity contribution < 1.29 is 19.0 Å². The van der Waals surface area contributed by atoms with Gasteiger partial charge in [0.05, 0.1) is 24.9 Å². The number of nitrogens with zero attached hydrogens (tertiary/aromatic N) is 3. The molecular formula is C22H41N5O4. The number of nitrogens with one attached hydrogen (secondary N) is 2. The van der Waals surface area contributed by atoms with Crippen molar-refractivity contribution in [2.24, 2.45) is 4.99 Å². The highest BCUT2D eigenvalue weighted by molar-refractivity contribution is 5.79. The Bertz CT molecular complexity index is 663. The smallest absolute Gasteiger partial charge is 0.412 e. The van der Waals surface area contributed by atoms with Crippen LogP contribution in [0.1, 0.15) is 54.4 Å². The number of hydrogen-bond donors (Lipinski definition) is 2. The van der Waals surface area contributed by atoms with Crippen LogP contribution in [0.25, 0.3) is 0 Å². The van der Waals surface area contributed by atoms with E-state index >= 15 is 0 Å². The molecule has 3 rings (SSSR count). The van der Waals surface area contributed by atoms with Crippen LogP contribution in [-0.4, -0.2) is 97.3 Å². The van der Waals surface area contributed by atoms with E-state index in [0.717, 1.165) is 13.2 Å². The lowest BCUT2D eigenvalue weighted by Gasteiger charge is -2.36. The summed E-state index contributed by atoms with van der Waals surface area (Å²) in [6, 6.07) is 0.416. The monoisotopic (exact) mass is 439 g/mol. The summed E-state index contributed by atoms with van der Waals surface area (Å²) in [6.45, 7) is 15.5. The highest BCUT2D eigenvalue weighted by Gasteiger charge is 2.49. The second-order valence-corrected chi connectivity index (χ2v) is 10.3. The van der Waals surface area contributed by atoms with Gasteiger partial charge in [0.1, 0.15) is 11.3 Å². The molecule has 0 bridgehead atoms. The molecule has 0 saturated carbocycles. The van der Waals surface area contributed by atoms with Crippen LogP contribution in [0.2, 0.25) is 0 Å². The van der Waals surface area contributed by atoms with Crippen LogP contribution in [0, 0.1) is 0 Å². The third-order valence-corrected chi connectivity index (χ3v) is 6.18. The van der Waals surface area contributed by atoms with Crippen LogP contribution in [0.4, 0.5) is 4.79 Å². The van der Waals surface area contributed by atoms with Crippen molar-refractivity contribution in [3.05, 3.63) is 0 Å². The summed E-state index contributed by atoms with van der Waals surface area (Å²) in [5.41, 5.74) is -1.31. The lowest BCUT2D eigenvalue weighted by molar-refractivity contribution is -0.0755. The minimum atomic E-state index is -0.743. The maximum absolute atomic E-state index is 12.9. The molecule has 4 atom stereocenters. The van der Waals surface area contributed by atoms with Crippen LogP contribution in [0.3, 0.4) is 0 Å². The predicted octanol–water partition coefficient (Wildman–Crippen LogP) is 1.78. The van der Waals surface area contributed by atoms with E-state index in [1.807, 2.05) is 41.5 Å². The van der Waals surface area contributed by atoms with Crippen molar-refractivity contribution in [1.29, 1.82) is 0 Å². The number of carbonyl (C=O) groups excluding carboxylic acids is 1. The number of guanidine groups is 1. The molecule has 0 spiro atoms. The number of fused-ring (bicyclic) bond motifs is 1. The van der Waals surface area contributed by atoms with Crippen molar-refractivity contribution in [3.8, 4) is 0 Å². The first kappa shape index (κ1) is 24.1. The van der Waals surface area contributed by atoms with Gasteiger partial charge in [-0.2, -0.15) is 0 Å². The van der Waals surface area contributed by atoms with Crippen molar-refractivity contribution in [2.75, 3.05) is 39.8 Å². The van der Waals surface area contributed by atoms with Crippen LogP contribution < -0.4 is 10.6 Å². The minimum Gasteiger partial charge on any atom is -0.444 e. The van der Waals surface area contributed by atoms with Gasteiger partial charge < -0.3 is 24.8 Å². The Morgan fingerprint density at radius 3 is 2.65 bits per heavy atom. The summed E-state index contributed by atoms with van der Waals surface area (Å²) >= 11 is 0. The second kappa shape index (κ2) is 9.50. The Kier molecular flexibility index (Phi) is 7.38. The van der Waals surface area contributed by atoms with Gasteiger partial charge in [0.2, 0.25) is 0 Å². The minimum absolute atomic E-state index is 0.137. The molecule has 4 unspecified atom stereocenters. The van der Waals surface area contributed by atoms with Gasteiger partial charge in [0.25, 0.3) is 0 Å². The molecule has 3 aliphatic rings. The molecule has 2 N–H and O–H groups in total. The maximum atomic E-state index is 12.9. The number of amides is 1. The van der Waals surface area contributed by atoms with Crippen molar-refractivity contribution in [3.63, 3.8) is 0 Å². The SMILES string of the molecule is CN=C(NCC1CN2CCCC2CO1)NCC1C(C)OC(C)(C)N1C(=O)OC(C)(C)C. The fourth-order valence-electron chi connectivity index (χ4n) is 4.76. The number of rotatable bonds is 4. The van der Waals surface area contributed by atoms with E-state index in [4.69, 9.17) is 14.2 Å². The maximum Gasteiger partial charge on any atom is 0.412 e. The zero-order valence-electron chi connectivity index (χ0n) is 20.2. The van der Waals surface area contributed by atoms with Crippen molar-refractivity contribution in [2.45, 2.75) is 90.0 Å². The lowest BCUT2D eigenvalue weighted by atomic mass is 10.1. The van der Waals surface area contributed by atoms with E-state index in [1.165, 1.54) is 19.4 Å². The number of carbonyl (C=O) groups is 1. The van der Waals surface area contributed by atoms with Crippen molar-refractivity contribution in [1.82, 2.24) is 20.4 Å². The van der Waals surface area contributed by atoms with E-state index in [-0.39, 0.29) is 24.3 Å². The second-order valence-electron chi connectivity index (χ2n) is 10.3. The van der Waals surface area contributed by atoms with Gasteiger partial charge in [0.15, 0.2) is 5.96 Å². The normalized spacial score (nSPS) is 31.5. The van der Waals surface area contributed by atoms with Gasteiger partial charge >= 0.3 is 6.09 Å². The highest BCUT2D eigenvalue weighted by atomic mass is 16.6. The van der Waals surface area contributed by atoms with Crippen LogP contribution in [-0.2, 0) is 14.2 Å². The number of morpholine rings is 1. The summed E-state index contributed by atoms with van der Waals surface area (Å²) < 4.78 is 17.7. The zero-order valence-corrected chi connectivity index (χ0v) is 20.2. The van der Waals surface area contributed by atoms with E-state index in [1.54, 1.807) is 11.9 Å². The van der Waals surface area contributed by atoms with Gasteiger partial charge in [-0.3, -0.25) is 14.8 Å². The number of ether oxygens (including phenoxy) is 3. The molecule has 3 aliphatic heterocycles. The van der Waals surface area contributed by atoms with Crippen molar-refractivity contribution >= 4 is 12.1 Å². The molecule has 31 heavy (non-hydrogen) atoms. The molecule has 3 heterocycles. The van der Waals surface area contributed by atoms with Crippen LogP contribution >= 0.6 is 0 Å². The Morgan fingerprint density at radius 2 is 1.97 bits per heavy atom. The topological polar surface area (TPSA) is 87.7 Å². The van der Waals surface area contributed by atoms with E-state index in [0.29, 0.717) is 25.1 Å². The Hall–Kier alpha value is -1.58. The fraction of sp³-hybridized carbons (Fsp3) is 0.909. The molecule has 178 valence electrons. The summed E-state index contributed by atoms with van der Waals surface area (Å²) in [5, 5.41) is 6.73. The van der Waals surface area contributed by atoms with Gasteiger partial charge in [-0.05, 0) is 60.9 Å². The molecule has 0 aromatic heterocycles. The standard InChI is InChI=1S/C22H41N5O4/c1-15-18(27(22(5,6)30-15)20(28)31-21(2,3)4)12-25-19(23-7)24-11-17-13-26-10-8-9-16(26)14-29-17/h15-18H,8-14H2,1-7H3,(H2,23,24,25). The highest BCUT2D eigenvalue weighted by Crippen LogP contribution is 2.33. The molecule has 0 aliphatic carbocycles. The molecule has 3 saturated heterocycles. The molecular weight excluding hydrogens is 398 g/mol. The lowest BCUT2D eigenvalue weighted by Crippen LogP contribution is -2.55. The van der Waals surface area contributed by atoms with E-state index in [2.05, 4.69) is 20.5 Å². The quantitative estimate of drug-likeness (QED) is 0.510. The third-order valence-electron chi connectivity index (χ3n) is 6.18. The van der Waals surface area contributed by atoms with Gasteiger partial charge in [-0.1, -0.05) is 0 Å². The zero-order chi connectivity index (χ0) is 22.8. The van der Waals surface area contributed by atoms with Gasteiger partial charge in [-0.25, -0.2) is 4.79 Å². The number of hydrogen-bond acceptors (Lipinski definition) is 6. The molecule has 9 nitrogen and oxygen atoms in total. The fourth-order valence-corrected chi connectivity index (χ4v) is 4.76. The largest absolute Gasteiger partial charge is 0.444 e. The Labute approximate surface area is 186 Å². The first-order valence-corrected chi connectivity index (χ1v) is 11.5. The third kappa shape index (κ3) is 6.02. The average molecular weight is 440 g/mol. The first-order valence-electron chi connectivity index (χ1n) is 11.5. The molecule has 3 fully saturated rings. The Morgan fingerprint density at radius 1 is 1.26 bits per heavy atom. The molecule has 0 aromatic rings. The summed E-state index contributed by atoms with van der Waals surface area (Å²) in [6.07, 6.45) is 2.16. The molecule has 0 aromatic carbocycles. The summed E-state index contributed by atoms with van der Waals surface area (Å²) in [4.78, 5) is 21.5. The predicted molar refractivity (Wildman–Crippen MR) is 120 cm³/mol. The first-order chi connectivity index (χ1) is 14.5. The average Bonchev–Trinajstić information content (AvgIpc) is 3.21. The van der Waals surface area contributed by atoms with Gasteiger partial charge in [0, 0.05) is 32.7 Å². The molecule has 9 heteroatoms. The van der Waals surface area contributed by atoms with Gasteiger partial charge in [-0.15, -0.1) is 0 Å². The molecule has 1 amide bonds.